The van der Waals surface area contributed by atoms with Gasteiger partial charge in [-0.3, -0.25) is 24.0 Å². The predicted molar refractivity (Wildman–Crippen MR) is 149 cm³/mol. The highest BCUT2D eigenvalue weighted by atomic mass is 19.1. The number of carbonyl (C=O) groups excluding carboxylic acids is 5. The van der Waals surface area contributed by atoms with Gasteiger partial charge in [-0.1, -0.05) is 18.2 Å². The van der Waals surface area contributed by atoms with Gasteiger partial charge < -0.3 is 34.3 Å². The minimum Gasteiger partial charge on any atom is -0.463 e. The predicted octanol–water partition coefficient (Wildman–Crippen LogP) is 2.21. The maximum atomic E-state index is 14.2. The molecule has 1 fully saturated rings. The molecule has 2 aromatic rings. The Labute approximate surface area is 248 Å². The molecule has 2 aromatic carbocycles. The minimum absolute atomic E-state index is 0.191. The van der Waals surface area contributed by atoms with Crippen LogP contribution in [0, 0.1) is 5.82 Å². The molecule has 232 valence electrons. The highest BCUT2D eigenvalue weighted by Gasteiger charge is 2.52. The summed E-state index contributed by atoms with van der Waals surface area (Å²) >= 11 is 0. The van der Waals surface area contributed by atoms with E-state index in [1.54, 1.807) is 30.3 Å². The normalized spacial score (nSPS) is 21.2. The van der Waals surface area contributed by atoms with Crippen LogP contribution in [0.25, 0.3) is 11.1 Å². The third-order valence-corrected chi connectivity index (χ3v) is 6.31. The number of halogens is 1. The van der Waals surface area contributed by atoms with Gasteiger partial charge in [0.1, 0.15) is 30.3 Å². The summed E-state index contributed by atoms with van der Waals surface area (Å²) in [5.41, 5.74) is 1.95. The van der Waals surface area contributed by atoms with E-state index in [2.05, 4.69) is 10.6 Å². The van der Waals surface area contributed by atoms with Crippen LogP contribution in [0.4, 0.5) is 4.39 Å². The number of carbonyl (C=O) groups is 5. The first-order valence-corrected chi connectivity index (χ1v) is 13.5. The lowest BCUT2D eigenvalue weighted by Crippen LogP contribution is -2.67. The molecule has 5 atom stereocenters. The zero-order valence-electron chi connectivity index (χ0n) is 24.5. The van der Waals surface area contributed by atoms with Gasteiger partial charge in [0.2, 0.25) is 18.1 Å². The van der Waals surface area contributed by atoms with Crippen LogP contribution in [0.2, 0.25) is 0 Å². The fourth-order valence-electron chi connectivity index (χ4n) is 4.67. The van der Waals surface area contributed by atoms with E-state index in [4.69, 9.17) is 23.7 Å². The number of esters is 3. The molecule has 1 aliphatic rings. The monoisotopic (exact) mass is 602 g/mol. The molecule has 3 rings (SSSR count). The molecule has 0 aliphatic carbocycles. The van der Waals surface area contributed by atoms with Crippen molar-refractivity contribution in [2.24, 2.45) is 0 Å². The molecule has 0 bridgehead atoms. The Kier molecular flexibility index (Phi) is 11.6. The van der Waals surface area contributed by atoms with Gasteiger partial charge in [-0.2, -0.15) is 0 Å². The van der Waals surface area contributed by atoms with Crippen molar-refractivity contribution < 1.29 is 52.0 Å². The number of nitrogens with one attached hydrogen (secondary N) is 2. The zero-order chi connectivity index (χ0) is 31.7. The van der Waals surface area contributed by atoms with Crippen LogP contribution in [0.1, 0.15) is 40.2 Å². The van der Waals surface area contributed by atoms with E-state index in [1.807, 2.05) is 0 Å². The van der Waals surface area contributed by atoms with Crippen molar-refractivity contribution in [3.05, 3.63) is 53.8 Å². The quantitative estimate of drug-likeness (QED) is 0.289. The van der Waals surface area contributed by atoms with Gasteiger partial charge in [-0.05, 0) is 47.4 Å². The summed E-state index contributed by atoms with van der Waals surface area (Å²) in [6, 6.07) is 9.79. The summed E-state index contributed by atoms with van der Waals surface area (Å²) in [5.74, 6) is -3.02. The molecule has 43 heavy (non-hydrogen) atoms. The second-order valence-corrected chi connectivity index (χ2v) is 9.90. The molecule has 2 amide bonds. The molecule has 1 heterocycles. The van der Waals surface area contributed by atoms with Gasteiger partial charge >= 0.3 is 17.9 Å². The molecule has 1 saturated heterocycles. The van der Waals surface area contributed by atoms with Crippen LogP contribution in [-0.4, -0.2) is 73.5 Å². The molecule has 1 aliphatic heterocycles. The smallest absolute Gasteiger partial charge is 0.303 e. The number of rotatable bonds is 11. The molecule has 0 aromatic heterocycles. The van der Waals surface area contributed by atoms with Crippen molar-refractivity contribution in [3.63, 3.8) is 0 Å². The van der Waals surface area contributed by atoms with Gasteiger partial charge in [-0.15, -0.1) is 0 Å². The van der Waals surface area contributed by atoms with E-state index >= 15 is 0 Å². The summed E-state index contributed by atoms with van der Waals surface area (Å²) in [6.45, 7) is 6.08. The van der Waals surface area contributed by atoms with Crippen LogP contribution in [0.3, 0.4) is 0 Å². The van der Waals surface area contributed by atoms with Crippen molar-refractivity contribution in [2.75, 3.05) is 13.2 Å². The van der Waals surface area contributed by atoms with Crippen molar-refractivity contribution >= 4 is 29.7 Å². The van der Waals surface area contributed by atoms with E-state index in [9.17, 15) is 28.4 Å². The van der Waals surface area contributed by atoms with Crippen LogP contribution in [-0.2, 0) is 49.3 Å². The van der Waals surface area contributed by atoms with Gasteiger partial charge in [0, 0.05) is 41.2 Å². The highest BCUT2D eigenvalue weighted by Crippen LogP contribution is 2.33. The third-order valence-electron chi connectivity index (χ3n) is 6.31. The number of amides is 2. The molecule has 13 heteroatoms. The third kappa shape index (κ3) is 9.77. The Morgan fingerprint density at radius 3 is 2.16 bits per heavy atom. The molecule has 0 saturated carbocycles. The zero-order valence-corrected chi connectivity index (χ0v) is 24.5. The Morgan fingerprint density at radius 2 is 1.56 bits per heavy atom. The molecule has 1 unspecified atom stereocenters. The first-order valence-electron chi connectivity index (χ1n) is 13.5. The first kappa shape index (κ1) is 33.0. The fraction of sp³-hybridized carbons (Fsp3) is 0.433. The largest absolute Gasteiger partial charge is 0.463 e. The highest BCUT2D eigenvalue weighted by molar-refractivity contribution is 5.74. The molecular weight excluding hydrogens is 567 g/mol. The van der Waals surface area contributed by atoms with Gasteiger partial charge in [0.05, 0.1) is 0 Å². The van der Waals surface area contributed by atoms with Crippen molar-refractivity contribution in [2.45, 2.75) is 71.7 Å². The molecular formula is C30H35FN2O10. The SMILES string of the molecule is CC(=O)NCCc1ccc(OC2O[C@H](COC(C)=O)[C@H](OC(C)=O)[C@H](OC(C)=O)[C@H]2NC(C)=O)cc1-c1cccc(F)c1. The average molecular weight is 603 g/mol. The van der Waals surface area contributed by atoms with Crippen LogP contribution in [0.5, 0.6) is 5.75 Å². The Bertz CT molecular complexity index is 1350. The van der Waals surface area contributed by atoms with Crippen LogP contribution < -0.4 is 15.4 Å². The van der Waals surface area contributed by atoms with Crippen molar-refractivity contribution in [3.8, 4) is 16.9 Å². The van der Waals surface area contributed by atoms with Gasteiger partial charge in [0.25, 0.3) is 0 Å². The second-order valence-electron chi connectivity index (χ2n) is 9.90. The molecule has 0 radical (unpaired) electrons. The molecule has 12 nitrogen and oxygen atoms in total. The molecule has 2 N–H and O–H groups in total. The lowest BCUT2D eigenvalue weighted by atomic mass is 9.95. The van der Waals surface area contributed by atoms with E-state index in [0.29, 0.717) is 24.1 Å². The van der Waals surface area contributed by atoms with Gasteiger partial charge in [-0.25, -0.2) is 4.39 Å². The Balaban J connectivity index is 2.04. The second kappa shape index (κ2) is 15.1. The number of hydrogen-bond acceptors (Lipinski definition) is 10. The van der Waals surface area contributed by atoms with Crippen LogP contribution >= 0.6 is 0 Å². The standard InChI is InChI=1S/C30H35FN2O10/c1-16(34)32-12-11-21-9-10-24(14-25(21)22-7-6-8-23(31)13-22)42-30-27(33-17(2)35)29(41-20(5)38)28(40-19(4)37)26(43-30)15-39-18(3)36/h6-10,13-14,26-30H,11-12,15H2,1-5H3,(H,32,34)(H,33,35)/t26-,27-,28+,29-,30?/m1/s1. The van der Waals surface area contributed by atoms with E-state index in [0.717, 1.165) is 19.4 Å². The lowest BCUT2D eigenvalue weighted by molar-refractivity contribution is -0.257. The van der Waals surface area contributed by atoms with Crippen molar-refractivity contribution in [1.82, 2.24) is 10.6 Å². The van der Waals surface area contributed by atoms with E-state index < -0.39 is 60.3 Å². The van der Waals surface area contributed by atoms with Crippen LogP contribution in [0.15, 0.2) is 42.5 Å². The number of ether oxygens (including phenoxy) is 5. The summed E-state index contributed by atoms with van der Waals surface area (Å²) in [6.07, 6.45) is -4.60. The first-order chi connectivity index (χ1) is 20.3. The summed E-state index contributed by atoms with van der Waals surface area (Å²) in [4.78, 5) is 59.3. The maximum absolute atomic E-state index is 14.2. The molecule has 0 spiro atoms. The maximum Gasteiger partial charge on any atom is 0.303 e. The lowest BCUT2D eigenvalue weighted by Gasteiger charge is -2.44. The van der Waals surface area contributed by atoms with Crippen molar-refractivity contribution in [1.29, 1.82) is 0 Å². The summed E-state index contributed by atoms with van der Waals surface area (Å²) in [7, 11) is 0. The number of benzene rings is 2. The summed E-state index contributed by atoms with van der Waals surface area (Å²) in [5, 5.41) is 5.38. The van der Waals surface area contributed by atoms with E-state index in [-0.39, 0.29) is 18.3 Å². The average Bonchev–Trinajstić information content (AvgIpc) is 2.90. The Morgan fingerprint density at radius 1 is 0.860 bits per heavy atom. The summed E-state index contributed by atoms with van der Waals surface area (Å²) < 4.78 is 42.5. The topological polar surface area (TPSA) is 156 Å². The number of hydrogen-bond donors (Lipinski definition) is 2. The van der Waals surface area contributed by atoms with Gasteiger partial charge in [0.15, 0.2) is 12.2 Å². The van der Waals surface area contributed by atoms with E-state index in [1.165, 1.54) is 32.9 Å². The Hall–Kier alpha value is -4.52. The minimum atomic E-state index is -1.33. The fourth-order valence-corrected chi connectivity index (χ4v) is 4.67.